The molecule has 2 N–H and O–H groups in total. The number of Topliss-reactive ketones (excluding diaryl/α,β-unsaturated/α-hetero) is 1. The summed E-state index contributed by atoms with van der Waals surface area (Å²) in [5.41, 5.74) is 1.69. The fourth-order valence-corrected chi connectivity index (χ4v) is 1.52. The summed E-state index contributed by atoms with van der Waals surface area (Å²) >= 11 is 0. The Labute approximate surface area is 87.2 Å². The van der Waals surface area contributed by atoms with E-state index in [0.29, 0.717) is 16.7 Å². The number of hydrogen-bond acceptors (Lipinski definition) is 3. The first-order chi connectivity index (χ1) is 6.86. The number of carboxylic acids is 1. The molecule has 4 nitrogen and oxygen atoms in total. The minimum atomic E-state index is -1.48. The van der Waals surface area contributed by atoms with E-state index < -0.39 is 11.8 Å². The van der Waals surface area contributed by atoms with Crippen molar-refractivity contribution in [2.24, 2.45) is 0 Å². The molecular formula is C11H12O4. The number of benzene rings is 1. The maximum absolute atomic E-state index is 11.4. The SMILES string of the molecule is Cc1cc(O)c(C)c(C)c1C(=O)C(=O)O. The van der Waals surface area contributed by atoms with E-state index in [1.807, 2.05) is 0 Å². The normalized spacial score (nSPS) is 10.1. The van der Waals surface area contributed by atoms with Crippen LogP contribution in [0.1, 0.15) is 27.0 Å². The van der Waals surface area contributed by atoms with E-state index >= 15 is 0 Å². The molecule has 0 aliphatic carbocycles. The molecule has 0 saturated carbocycles. The molecule has 0 amide bonds. The van der Waals surface area contributed by atoms with E-state index in [1.165, 1.54) is 6.07 Å². The Balaban J connectivity index is 3.49. The molecule has 0 bridgehead atoms. The fraction of sp³-hybridized carbons (Fsp3) is 0.273. The van der Waals surface area contributed by atoms with Crippen molar-refractivity contribution in [3.05, 3.63) is 28.3 Å². The van der Waals surface area contributed by atoms with Crippen molar-refractivity contribution in [3.8, 4) is 5.75 Å². The molecule has 0 fully saturated rings. The number of aromatic hydroxyl groups is 1. The van der Waals surface area contributed by atoms with Gasteiger partial charge in [0.25, 0.3) is 5.78 Å². The third-order valence-corrected chi connectivity index (χ3v) is 2.49. The summed E-state index contributed by atoms with van der Waals surface area (Å²) in [6.07, 6.45) is 0. The highest BCUT2D eigenvalue weighted by Gasteiger charge is 2.21. The lowest BCUT2D eigenvalue weighted by atomic mass is 9.94. The van der Waals surface area contributed by atoms with E-state index in [2.05, 4.69) is 0 Å². The number of rotatable bonds is 2. The molecule has 0 aliphatic rings. The van der Waals surface area contributed by atoms with Crippen LogP contribution in [-0.2, 0) is 4.79 Å². The van der Waals surface area contributed by atoms with Crippen molar-refractivity contribution in [1.82, 2.24) is 0 Å². The molecule has 1 aromatic carbocycles. The fourth-order valence-electron chi connectivity index (χ4n) is 1.52. The second kappa shape index (κ2) is 3.73. The lowest BCUT2D eigenvalue weighted by Gasteiger charge is -2.10. The lowest BCUT2D eigenvalue weighted by molar-refractivity contribution is -0.131. The third kappa shape index (κ3) is 1.83. The van der Waals surface area contributed by atoms with Crippen LogP contribution in [0.15, 0.2) is 6.07 Å². The highest BCUT2D eigenvalue weighted by atomic mass is 16.4. The van der Waals surface area contributed by atoms with Crippen LogP contribution in [0, 0.1) is 20.8 Å². The van der Waals surface area contributed by atoms with Crippen LogP contribution in [0.25, 0.3) is 0 Å². The summed E-state index contributed by atoms with van der Waals surface area (Å²) in [5.74, 6) is -2.34. The first kappa shape index (κ1) is 11.2. The highest BCUT2D eigenvalue weighted by Crippen LogP contribution is 2.26. The largest absolute Gasteiger partial charge is 0.508 e. The zero-order valence-corrected chi connectivity index (χ0v) is 8.79. The minimum Gasteiger partial charge on any atom is -0.508 e. The molecule has 0 unspecified atom stereocenters. The number of hydrogen-bond donors (Lipinski definition) is 2. The molecule has 1 aromatic rings. The Morgan fingerprint density at radius 1 is 1.13 bits per heavy atom. The Morgan fingerprint density at radius 2 is 1.67 bits per heavy atom. The maximum atomic E-state index is 11.4. The molecule has 0 saturated heterocycles. The minimum absolute atomic E-state index is 0.0759. The number of carbonyl (C=O) groups is 2. The molecule has 0 aliphatic heterocycles. The maximum Gasteiger partial charge on any atom is 0.377 e. The molecule has 1 rings (SSSR count). The van der Waals surface area contributed by atoms with Crippen molar-refractivity contribution < 1.29 is 19.8 Å². The molecule has 0 atom stereocenters. The van der Waals surface area contributed by atoms with Crippen LogP contribution in [0.4, 0.5) is 0 Å². The van der Waals surface area contributed by atoms with Gasteiger partial charge in [0.2, 0.25) is 0 Å². The first-order valence-corrected chi connectivity index (χ1v) is 4.43. The van der Waals surface area contributed by atoms with Crippen molar-refractivity contribution in [1.29, 1.82) is 0 Å². The summed E-state index contributed by atoms with van der Waals surface area (Å²) in [4.78, 5) is 22.0. The monoisotopic (exact) mass is 208 g/mol. The molecule has 0 radical (unpaired) electrons. The summed E-state index contributed by atoms with van der Waals surface area (Å²) in [6, 6.07) is 1.40. The zero-order valence-electron chi connectivity index (χ0n) is 8.79. The second-order valence-corrected chi connectivity index (χ2v) is 3.47. The van der Waals surface area contributed by atoms with Crippen LogP contribution in [0.3, 0.4) is 0 Å². The van der Waals surface area contributed by atoms with Crippen LogP contribution >= 0.6 is 0 Å². The van der Waals surface area contributed by atoms with Crippen LogP contribution in [-0.4, -0.2) is 22.0 Å². The summed E-state index contributed by atoms with van der Waals surface area (Å²) in [5, 5.41) is 18.1. The van der Waals surface area contributed by atoms with Gasteiger partial charge in [-0.1, -0.05) is 0 Å². The molecule has 15 heavy (non-hydrogen) atoms. The number of aliphatic carboxylic acids is 1. The molecule has 4 heteroatoms. The van der Waals surface area contributed by atoms with Gasteiger partial charge < -0.3 is 10.2 Å². The van der Waals surface area contributed by atoms with Crippen LogP contribution in [0.5, 0.6) is 5.75 Å². The molecule has 0 heterocycles. The van der Waals surface area contributed by atoms with Crippen LogP contribution < -0.4 is 0 Å². The van der Waals surface area contributed by atoms with Crippen molar-refractivity contribution in [2.45, 2.75) is 20.8 Å². The van der Waals surface area contributed by atoms with Gasteiger partial charge in [0.1, 0.15) is 5.75 Å². The van der Waals surface area contributed by atoms with E-state index in [9.17, 15) is 14.7 Å². The standard InChI is InChI=1S/C11H12O4/c1-5-4-8(12)6(2)7(3)9(5)10(13)11(14)15/h4,12H,1-3H3,(H,14,15). The average Bonchev–Trinajstić information content (AvgIpc) is 2.14. The highest BCUT2D eigenvalue weighted by molar-refractivity contribution is 6.40. The number of phenolic OH excluding ortho intramolecular Hbond substituents is 1. The van der Waals surface area contributed by atoms with E-state index in [4.69, 9.17) is 5.11 Å². The van der Waals surface area contributed by atoms with Crippen LogP contribution in [0.2, 0.25) is 0 Å². The number of carboxylic acid groups (broad SMARTS) is 1. The topological polar surface area (TPSA) is 74.6 Å². The van der Waals surface area contributed by atoms with Crippen molar-refractivity contribution in [2.75, 3.05) is 0 Å². The zero-order chi connectivity index (χ0) is 11.7. The first-order valence-electron chi connectivity index (χ1n) is 4.43. The number of aryl methyl sites for hydroxylation is 1. The molecular weight excluding hydrogens is 196 g/mol. The molecule has 80 valence electrons. The van der Waals surface area contributed by atoms with Gasteiger partial charge in [0, 0.05) is 5.56 Å². The Hall–Kier alpha value is -1.84. The Bertz CT molecular complexity index is 446. The summed E-state index contributed by atoms with van der Waals surface area (Å²) in [6.45, 7) is 4.86. The van der Waals surface area contributed by atoms with Gasteiger partial charge in [-0.2, -0.15) is 0 Å². The van der Waals surface area contributed by atoms with Gasteiger partial charge >= 0.3 is 5.97 Å². The summed E-state index contributed by atoms with van der Waals surface area (Å²) < 4.78 is 0. The van der Waals surface area contributed by atoms with E-state index in [-0.39, 0.29) is 11.3 Å². The number of phenols is 1. The number of carbonyl (C=O) groups excluding carboxylic acids is 1. The van der Waals surface area contributed by atoms with Gasteiger partial charge in [-0.05, 0) is 43.5 Å². The van der Waals surface area contributed by atoms with Gasteiger partial charge in [-0.15, -0.1) is 0 Å². The third-order valence-electron chi connectivity index (χ3n) is 2.49. The predicted octanol–water partition coefficient (Wildman–Crippen LogP) is 1.58. The van der Waals surface area contributed by atoms with E-state index in [0.717, 1.165) is 0 Å². The van der Waals surface area contributed by atoms with Gasteiger partial charge in [-0.25, -0.2) is 4.79 Å². The Morgan fingerprint density at radius 3 is 2.13 bits per heavy atom. The smallest absolute Gasteiger partial charge is 0.377 e. The molecule has 0 aromatic heterocycles. The van der Waals surface area contributed by atoms with Crippen molar-refractivity contribution in [3.63, 3.8) is 0 Å². The van der Waals surface area contributed by atoms with E-state index in [1.54, 1.807) is 20.8 Å². The van der Waals surface area contributed by atoms with Gasteiger partial charge in [-0.3, -0.25) is 4.79 Å². The number of ketones is 1. The van der Waals surface area contributed by atoms with Gasteiger partial charge in [0.05, 0.1) is 0 Å². The van der Waals surface area contributed by atoms with Crippen molar-refractivity contribution >= 4 is 11.8 Å². The Kier molecular flexibility index (Phi) is 2.79. The average molecular weight is 208 g/mol. The quantitative estimate of drug-likeness (QED) is 0.571. The lowest BCUT2D eigenvalue weighted by Crippen LogP contribution is -2.16. The molecule has 0 spiro atoms. The predicted molar refractivity (Wildman–Crippen MR) is 54.3 cm³/mol. The second-order valence-electron chi connectivity index (χ2n) is 3.47. The summed E-state index contributed by atoms with van der Waals surface area (Å²) in [7, 11) is 0. The van der Waals surface area contributed by atoms with Gasteiger partial charge in [0.15, 0.2) is 0 Å².